The van der Waals surface area contributed by atoms with Gasteiger partial charge in [0.1, 0.15) is 6.04 Å². The molecule has 0 aromatic heterocycles. The highest BCUT2D eigenvalue weighted by molar-refractivity contribution is 7.99. The van der Waals surface area contributed by atoms with Crippen molar-refractivity contribution < 1.29 is 9.59 Å². The van der Waals surface area contributed by atoms with E-state index in [1.807, 2.05) is 38.1 Å². The molecule has 1 atom stereocenters. The van der Waals surface area contributed by atoms with Crippen molar-refractivity contribution in [3.05, 3.63) is 69.2 Å². The number of hydrogen-bond acceptors (Lipinski definition) is 3. The lowest BCUT2D eigenvalue weighted by atomic mass is 10.1. The second kappa shape index (κ2) is 12.2. The summed E-state index contributed by atoms with van der Waals surface area (Å²) in [6.07, 6.45) is 0.846. The number of benzene rings is 2. The third-order valence-corrected chi connectivity index (χ3v) is 6.50. The normalized spacial score (nSPS) is 11.8. The van der Waals surface area contributed by atoms with Gasteiger partial charge in [-0.25, -0.2) is 0 Å². The van der Waals surface area contributed by atoms with Crippen LogP contribution in [0, 0.1) is 6.92 Å². The molecule has 0 unspecified atom stereocenters. The van der Waals surface area contributed by atoms with Crippen molar-refractivity contribution in [3.63, 3.8) is 0 Å². The standard InChI is InChI=1S/C23H28Cl2N2O2S/c1-4-12-26-23(29)17(3)27(13-18-9-6-5-8-16(18)2)22(28)15-30-14-19-20(24)10-7-11-21(19)25/h5-11,17H,4,12-15H2,1-3H3,(H,26,29)/t17-/m0/s1. The maximum Gasteiger partial charge on any atom is 0.242 e. The molecule has 0 aliphatic rings. The first-order valence-electron chi connectivity index (χ1n) is 9.97. The van der Waals surface area contributed by atoms with Crippen molar-refractivity contribution in [2.75, 3.05) is 12.3 Å². The van der Waals surface area contributed by atoms with E-state index in [0.717, 1.165) is 23.1 Å². The van der Waals surface area contributed by atoms with Crippen LogP contribution in [0.25, 0.3) is 0 Å². The molecule has 0 bridgehead atoms. The van der Waals surface area contributed by atoms with Crippen LogP contribution in [0.4, 0.5) is 0 Å². The predicted molar refractivity (Wildman–Crippen MR) is 127 cm³/mol. The van der Waals surface area contributed by atoms with Crippen LogP contribution in [0.1, 0.15) is 37.0 Å². The van der Waals surface area contributed by atoms with Crippen LogP contribution in [-0.2, 0) is 21.9 Å². The van der Waals surface area contributed by atoms with Crippen LogP contribution in [0.3, 0.4) is 0 Å². The minimum absolute atomic E-state index is 0.0921. The molecule has 2 amide bonds. The third kappa shape index (κ3) is 6.93. The Bertz CT molecular complexity index is 856. The van der Waals surface area contributed by atoms with Gasteiger partial charge in [-0.2, -0.15) is 0 Å². The molecule has 2 aromatic rings. The Labute approximate surface area is 193 Å². The number of amides is 2. The Hall–Kier alpha value is -1.69. The largest absolute Gasteiger partial charge is 0.354 e. The number of halogens is 2. The van der Waals surface area contributed by atoms with Crippen molar-refractivity contribution in [1.29, 1.82) is 0 Å². The summed E-state index contributed by atoms with van der Waals surface area (Å²) >= 11 is 13.9. The van der Waals surface area contributed by atoms with Crippen LogP contribution in [-0.4, -0.2) is 35.1 Å². The summed E-state index contributed by atoms with van der Waals surface area (Å²) in [4.78, 5) is 27.3. The summed E-state index contributed by atoms with van der Waals surface area (Å²) in [5.74, 6) is 0.529. The molecule has 0 saturated carbocycles. The molecule has 162 valence electrons. The zero-order valence-corrected chi connectivity index (χ0v) is 19.9. The van der Waals surface area contributed by atoms with Crippen LogP contribution < -0.4 is 5.32 Å². The quantitative estimate of drug-likeness (QED) is 0.504. The summed E-state index contributed by atoms with van der Waals surface area (Å²) in [5, 5.41) is 4.07. The minimum atomic E-state index is -0.562. The minimum Gasteiger partial charge on any atom is -0.354 e. The number of aryl methyl sites for hydroxylation is 1. The molecule has 0 heterocycles. The molecule has 0 radical (unpaired) electrons. The van der Waals surface area contributed by atoms with E-state index in [9.17, 15) is 9.59 Å². The average molecular weight is 467 g/mol. The topological polar surface area (TPSA) is 49.4 Å². The summed E-state index contributed by atoms with van der Waals surface area (Å²) in [6.45, 7) is 6.76. The number of hydrogen-bond donors (Lipinski definition) is 1. The number of carbonyl (C=O) groups is 2. The summed E-state index contributed by atoms with van der Waals surface area (Å²) in [5.41, 5.74) is 2.94. The lowest BCUT2D eigenvalue weighted by Crippen LogP contribution is -2.48. The molecule has 2 aromatic carbocycles. The Morgan fingerprint density at radius 3 is 2.40 bits per heavy atom. The molecule has 0 saturated heterocycles. The smallest absolute Gasteiger partial charge is 0.242 e. The average Bonchev–Trinajstić information content (AvgIpc) is 2.72. The van der Waals surface area contributed by atoms with Crippen LogP contribution >= 0.6 is 35.0 Å². The molecule has 0 spiro atoms. The first kappa shape index (κ1) is 24.6. The Balaban J connectivity index is 2.11. The zero-order valence-electron chi connectivity index (χ0n) is 17.6. The predicted octanol–water partition coefficient (Wildman–Crippen LogP) is 5.48. The fourth-order valence-corrected chi connectivity index (χ4v) is 4.59. The van der Waals surface area contributed by atoms with E-state index in [2.05, 4.69) is 5.32 Å². The summed E-state index contributed by atoms with van der Waals surface area (Å²) < 4.78 is 0. The van der Waals surface area contributed by atoms with Gasteiger partial charge in [-0.15, -0.1) is 11.8 Å². The van der Waals surface area contributed by atoms with Crippen LogP contribution in [0.15, 0.2) is 42.5 Å². The lowest BCUT2D eigenvalue weighted by molar-refractivity contribution is -0.138. The van der Waals surface area contributed by atoms with Gasteiger partial charge in [0.15, 0.2) is 0 Å². The van der Waals surface area contributed by atoms with Crippen molar-refractivity contribution in [3.8, 4) is 0 Å². The van der Waals surface area contributed by atoms with Crippen molar-refractivity contribution in [2.45, 2.75) is 45.5 Å². The second-order valence-corrected chi connectivity index (χ2v) is 8.91. The summed E-state index contributed by atoms with van der Waals surface area (Å²) in [6, 6.07) is 12.7. The van der Waals surface area contributed by atoms with E-state index in [1.54, 1.807) is 30.0 Å². The molecular formula is C23H28Cl2N2O2S. The maximum absolute atomic E-state index is 13.1. The van der Waals surface area contributed by atoms with Gasteiger partial charge >= 0.3 is 0 Å². The Kier molecular flexibility index (Phi) is 10.0. The Morgan fingerprint density at radius 1 is 1.10 bits per heavy atom. The fraction of sp³-hybridized carbons (Fsp3) is 0.391. The van der Waals surface area contributed by atoms with E-state index in [0.29, 0.717) is 28.9 Å². The highest BCUT2D eigenvalue weighted by Gasteiger charge is 2.26. The van der Waals surface area contributed by atoms with Gasteiger partial charge < -0.3 is 10.2 Å². The zero-order chi connectivity index (χ0) is 22.1. The van der Waals surface area contributed by atoms with E-state index in [4.69, 9.17) is 23.2 Å². The SMILES string of the molecule is CCCNC(=O)[C@H](C)N(Cc1ccccc1C)C(=O)CSCc1c(Cl)cccc1Cl. The van der Waals surface area contributed by atoms with E-state index in [-0.39, 0.29) is 17.6 Å². The number of rotatable bonds is 10. The number of nitrogens with zero attached hydrogens (tertiary/aromatic N) is 1. The Morgan fingerprint density at radius 2 is 1.77 bits per heavy atom. The first-order chi connectivity index (χ1) is 14.3. The van der Waals surface area contributed by atoms with Gasteiger partial charge in [-0.3, -0.25) is 9.59 Å². The van der Waals surface area contributed by atoms with Gasteiger partial charge in [0.05, 0.1) is 5.75 Å². The van der Waals surface area contributed by atoms with E-state index < -0.39 is 6.04 Å². The van der Waals surface area contributed by atoms with Gasteiger partial charge in [0.25, 0.3) is 0 Å². The molecule has 1 N–H and O–H groups in total. The molecular weight excluding hydrogens is 439 g/mol. The summed E-state index contributed by atoms with van der Waals surface area (Å²) in [7, 11) is 0. The van der Waals surface area contributed by atoms with Gasteiger partial charge in [-0.1, -0.05) is 60.5 Å². The molecule has 0 aliphatic heterocycles. The van der Waals surface area contributed by atoms with Gasteiger partial charge in [0, 0.05) is 28.9 Å². The molecule has 2 rings (SSSR count). The van der Waals surface area contributed by atoms with Gasteiger partial charge in [-0.05, 0) is 49.1 Å². The highest BCUT2D eigenvalue weighted by Crippen LogP contribution is 2.28. The monoisotopic (exact) mass is 466 g/mol. The molecule has 4 nitrogen and oxygen atoms in total. The molecule has 0 aliphatic carbocycles. The van der Waals surface area contributed by atoms with Crippen molar-refractivity contribution in [2.24, 2.45) is 0 Å². The van der Waals surface area contributed by atoms with Crippen molar-refractivity contribution in [1.82, 2.24) is 10.2 Å². The van der Waals surface area contributed by atoms with Crippen LogP contribution in [0.5, 0.6) is 0 Å². The first-order valence-corrected chi connectivity index (χ1v) is 11.9. The number of nitrogens with one attached hydrogen (secondary N) is 1. The highest BCUT2D eigenvalue weighted by atomic mass is 35.5. The number of thioether (sulfide) groups is 1. The van der Waals surface area contributed by atoms with Gasteiger partial charge in [0.2, 0.25) is 11.8 Å². The van der Waals surface area contributed by atoms with Crippen LogP contribution in [0.2, 0.25) is 10.0 Å². The van der Waals surface area contributed by atoms with E-state index >= 15 is 0 Å². The third-order valence-electron chi connectivity index (χ3n) is 4.85. The number of carbonyl (C=O) groups excluding carboxylic acids is 2. The maximum atomic E-state index is 13.1. The molecule has 0 fully saturated rings. The molecule has 7 heteroatoms. The van der Waals surface area contributed by atoms with Crippen molar-refractivity contribution >= 4 is 46.8 Å². The van der Waals surface area contributed by atoms with E-state index in [1.165, 1.54) is 11.8 Å². The fourth-order valence-electron chi connectivity index (χ4n) is 2.94. The second-order valence-electron chi connectivity index (χ2n) is 7.11. The lowest BCUT2D eigenvalue weighted by Gasteiger charge is -2.29. The molecule has 30 heavy (non-hydrogen) atoms.